The van der Waals surface area contributed by atoms with E-state index in [0.29, 0.717) is 0 Å². The Labute approximate surface area is 373 Å². The summed E-state index contributed by atoms with van der Waals surface area (Å²) < 4.78 is 0. The fraction of sp³-hybridized carbons (Fsp3) is 0.0938. The summed E-state index contributed by atoms with van der Waals surface area (Å²) in [5.74, 6) is 0. The smallest absolute Gasteiger partial charge is 0.0159 e. The standard InChI is InChI=1S/C64H44/c1-63(2)56-25-10-8-17-42(56)53-35-40(28-33-57(53)63)60-44-18-5-6-19-47(44)62(51-32-31-50-46-21-12-15-37-14-11-20-45(59(37)46)48-22-13-23-49(51)61(48)50)52-30-27-38(34-54(52)60)39-26-29-43-41-16-7-9-24-55(41)64(3,4)58(43)36-39/h5-36H,1-4H3. The molecule has 0 unspecified atom stereocenters. The van der Waals surface area contributed by atoms with Gasteiger partial charge in [0.1, 0.15) is 0 Å². The number of hydrogen-bond donors (Lipinski definition) is 0. The maximum Gasteiger partial charge on any atom is 0.0159 e. The molecule has 2 aliphatic carbocycles. The van der Waals surface area contributed by atoms with E-state index in [1.54, 1.807) is 0 Å². The highest BCUT2D eigenvalue weighted by Gasteiger charge is 2.37. The van der Waals surface area contributed by atoms with Gasteiger partial charge in [0.05, 0.1) is 0 Å². The van der Waals surface area contributed by atoms with Gasteiger partial charge in [-0.1, -0.05) is 204 Å². The highest BCUT2D eigenvalue weighted by atomic mass is 14.4. The largest absolute Gasteiger partial charge is 0.0619 e. The number of hydrogen-bond acceptors (Lipinski definition) is 0. The van der Waals surface area contributed by atoms with Gasteiger partial charge in [0.25, 0.3) is 0 Å². The number of rotatable bonds is 3. The van der Waals surface area contributed by atoms with Crippen LogP contribution in [0.25, 0.3) is 120 Å². The predicted molar refractivity (Wildman–Crippen MR) is 274 cm³/mol. The van der Waals surface area contributed by atoms with E-state index in [2.05, 4.69) is 222 Å². The molecule has 0 radical (unpaired) electrons. The maximum atomic E-state index is 2.50. The molecule has 0 saturated heterocycles. The molecule has 14 rings (SSSR count). The van der Waals surface area contributed by atoms with Crippen LogP contribution >= 0.6 is 0 Å². The van der Waals surface area contributed by atoms with Crippen LogP contribution in [0.15, 0.2) is 194 Å². The first-order chi connectivity index (χ1) is 31.3. The zero-order chi connectivity index (χ0) is 42.6. The number of fused-ring (bicyclic) bond motifs is 10. The Balaban J connectivity index is 1.08. The lowest BCUT2D eigenvalue weighted by molar-refractivity contribution is 0.660. The Kier molecular flexibility index (Phi) is 7.06. The van der Waals surface area contributed by atoms with Crippen LogP contribution in [-0.2, 0) is 10.8 Å². The molecule has 0 saturated carbocycles. The first-order valence-corrected chi connectivity index (χ1v) is 22.8. The highest BCUT2D eigenvalue weighted by Crippen LogP contribution is 2.54. The van der Waals surface area contributed by atoms with E-state index in [0.717, 1.165) is 0 Å². The normalized spacial score (nSPS) is 14.5. The molecule has 0 amide bonds. The van der Waals surface area contributed by atoms with Gasteiger partial charge in [-0.2, -0.15) is 0 Å². The first-order valence-electron chi connectivity index (χ1n) is 22.8. The predicted octanol–water partition coefficient (Wildman–Crippen LogP) is 17.7. The molecule has 0 N–H and O–H groups in total. The van der Waals surface area contributed by atoms with Gasteiger partial charge in [-0.3, -0.25) is 0 Å². The third-order valence-corrected chi connectivity index (χ3v) is 15.6. The maximum absolute atomic E-state index is 2.50. The summed E-state index contributed by atoms with van der Waals surface area (Å²) in [7, 11) is 0. The second-order valence-electron chi connectivity index (χ2n) is 19.5. The van der Waals surface area contributed by atoms with E-state index < -0.39 is 0 Å². The minimum atomic E-state index is -0.0809. The Bertz CT molecular complexity index is 3950. The minimum absolute atomic E-state index is 0.0622. The van der Waals surface area contributed by atoms with Crippen molar-refractivity contribution in [2.45, 2.75) is 38.5 Å². The summed E-state index contributed by atoms with van der Waals surface area (Å²) in [6.45, 7) is 9.51. The summed E-state index contributed by atoms with van der Waals surface area (Å²) in [6.07, 6.45) is 0. The first kappa shape index (κ1) is 36.0. The molecule has 0 heterocycles. The van der Waals surface area contributed by atoms with Crippen LogP contribution in [0.3, 0.4) is 0 Å². The molecule has 0 fully saturated rings. The van der Waals surface area contributed by atoms with Crippen LogP contribution < -0.4 is 0 Å². The molecular formula is C64H44. The molecule has 0 nitrogen and oxygen atoms in total. The Hall–Kier alpha value is -7.54. The zero-order valence-electron chi connectivity index (χ0n) is 36.5. The van der Waals surface area contributed by atoms with Crippen LogP contribution in [0.2, 0.25) is 0 Å². The van der Waals surface area contributed by atoms with Crippen molar-refractivity contribution in [1.29, 1.82) is 0 Å². The van der Waals surface area contributed by atoms with E-state index in [-0.39, 0.29) is 10.8 Å². The van der Waals surface area contributed by atoms with Crippen molar-refractivity contribution in [3.8, 4) is 55.6 Å². The van der Waals surface area contributed by atoms with Gasteiger partial charge >= 0.3 is 0 Å². The quantitative estimate of drug-likeness (QED) is 0.123. The summed E-state index contributed by atoms with van der Waals surface area (Å²) in [5.41, 5.74) is 18.4. The molecule has 2 aliphatic rings. The van der Waals surface area contributed by atoms with Crippen LogP contribution in [0.5, 0.6) is 0 Å². The molecule has 64 heavy (non-hydrogen) atoms. The van der Waals surface area contributed by atoms with Gasteiger partial charge in [0.2, 0.25) is 0 Å². The van der Waals surface area contributed by atoms with Crippen molar-refractivity contribution in [3.63, 3.8) is 0 Å². The topological polar surface area (TPSA) is 0 Å². The van der Waals surface area contributed by atoms with Crippen LogP contribution in [0.1, 0.15) is 49.9 Å². The monoisotopic (exact) mass is 812 g/mol. The minimum Gasteiger partial charge on any atom is -0.0619 e. The van der Waals surface area contributed by atoms with Crippen molar-refractivity contribution >= 4 is 64.6 Å². The van der Waals surface area contributed by atoms with Crippen LogP contribution in [0, 0.1) is 0 Å². The van der Waals surface area contributed by atoms with Crippen molar-refractivity contribution < 1.29 is 0 Å². The average molecular weight is 813 g/mol. The van der Waals surface area contributed by atoms with Gasteiger partial charge in [-0.25, -0.2) is 0 Å². The lowest BCUT2D eigenvalue weighted by Crippen LogP contribution is -2.14. The summed E-state index contributed by atoms with van der Waals surface area (Å²) in [4.78, 5) is 0. The van der Waals surface area contributed by atoms with Crippen molar-refractivity contribution in [3.05, 3.63) is 216 Å². The fourth-order valence-corrected chi connectivity index (χ4v) is 12.6. The molecule has 12 aromatic carbocycles. The SMILES string of the molecule is CC1(C)c2ccccc2-c2cc(-c3c4ccccc4c(-c4ccc5c6cccc7cccc(c8cccc4c85)c76)c4ccc(-c5ccc6c(c5)C(C)(C)c5ccccc5-6)cc34)ccc21. The lowest BCUT2D eigenvalue weighted by Gasteiger charge is -2.23. The van der Waals surface area contributed by atoms with Gasteiger partial charge in [0, 0.05) is 10.8 Å². The number of benzene rings is 12. The van der Waals surface area contributed by atoms with Gasteiger partial charge in [-0.05, 0) is 161 Å². The molecule has 0 bridgehead atoms. The third-order valence-electron chi connectivity index (χ3n) is 15.6. The summed E-state index contributed by atoms with van der Waals surface area (Å²) in [6, 6.07) is 74.3. The van der Waals surface area contributed by atoms with Gasteiger partial charge < -0.3 is 0 Å². The molecule has 0 atom stereocenters. The molecule has 0 heteroatoms. The van der Waals surface area contributed by atoms with Gasteiger partial charge in [-0.15, -0.1) is 0 Å². The molecule has 0 spiro atoms. The van der Waals surface area contributed by atoms with Crippen molar-refractivity contribution in [2.24, 2.45) is 0 Å². The lowest BCUT2D eigenvalue weighted by atomic mass is 9.80. The van der Waals surface area contributed by atoms with Crippen molar-refractivity contribution in [2.75, 3.05) is 0 Å². The van der Waals surface area contributed by atoms with Gasteiger partial charge in [0.15, 0.2) is 0 Å². The summed E-state index contributed by atoms with van der Waals surface area (Å²) >= 11 is 0. The Morgan fingerprint density at radius 1 is 0.250 bits per heavy atom. The van der Waals surface area contributed by atoms with Crippen LogP contribution in [-0.4, -0.2) is 0 Å². The van der Waals surface area contributed by atoms with Crippen LogP contribution in [0.4, 0.5) is 0 Å². The molecule has 0 aromatic heterocycles. The second kappa shape index (κ2) is 12.6. The van der Waals surface area contributed by atoms with Crippen molar-refractivity contribution in [1.82, 2.24) is 0 Å². The van der Waals surface area contributed by atoms with E-state index in [1.165, 1.54) is 143 Å². The average Bonchev–Trinajstić information content (AvgIpc) is 3.71. The van der Waals surface area contributed by atoms with E-state index >= 15 is 0 Å². The van der Waals surface area contributed by atoms with E-state index in [9.17, 15) is 0 Å². The molecule has 0 aliphatic heterocycles. The highest BCUT2D eigenvalue weighted by molar-refractivity contribution is 6.35. The van der Waals surface area contributed by atoms with E-state index in [4.69, 9.17) is 0 Å². The molecular weight excluding hydrogens is 769 g/mol. The second-order valence-corrected chi connectivity index (χ2v) is 19.5. The Morgan fingerprint density at radius 2 is 0.719 bits per heavy atom. The molecule has 12 aromatic rings. The molecule has 300 valence electrons. The summed E-state index contributed by atoms with van der Waals surface area (Å²) in [5, 5.41) is 15.6. The van der Waals surface area contributed by atoms with E-state index in [1.807, 2.05) is 0 Å². The fourth-order valence-electron chi connectivity index (χ4n) is 12.6. The third kappa shape index (κ3) is 4.62. The zero-order valence-corrected chi connectivity index (χ0v) is 36.5. The Morgan fingerprint density at radius 3 is 1.47 bits per heavy atom.